The largest absolute Gasteiger partial charge is 0.369 e. The third-order valence-corrected chi connectivity index (χ3v) is 9.32. The normalized spacial score (nSPS) is 31.3. The molecule has 3 aliphatic rings. The number of piperidine rings is 2. The van der Waals surface area contributed by atoms with Gasteiger partial charge in [-0.2, -0.15) is 0 Å². The van der Waals surface area contributed by atoms with Gasteiger partial charge in [0.25, 0.3) is 0 Å². The molecule has 0 radical (unpaired) electrons. The first-order chi connectivity index (χ1) is 12.8. The average molecular weight is 433 g/mol. The van der Waals surface area contributed by atoms with Crippen LogP contribution < -0.4 is 0 Å². The van der Waals surface area contributed by atoms with Crippen molar-refractivity contribution in [3.8, 4) is 0 Å². The third kappa shape index (κ3) is 4.09. The summed E-state index contributed by atoms with van der Waals surface area (Å²) >= 11 is 7.99. The number of halogens is 1. The summed E-state index contributed by atoms with van der Waals surface area (Å²) in [5.74, 6) is 0.582. The maximum absolute atomic E-state index is 11.7. The fourth-order valence-electron chi connectivity index (χ4n) is 5.00. The minimum atomic E-state index is -3.04. The van der Waals surface area contributed by atoms with Crippen molar-refractivity contribution in [2.45, 2.75) is 50.7 Å². The number of hydrogen-bond donors (Lipinski definition) is 0. The van der Waals surface area contributed by atoms with Crippen LogP contribution in [0.3, 0.4) is 0 Å². The summed E-state index contributed by atoms with van der Waals surface area (Å²) in [7, 11) is -3.04. The molecule has 4 heterocycles. The first-order valence-electron chi connectivity index (χ1n) is 9.89. The molecule has 8 heteroatoms. The molecule has 2 saturated heterocycles. The van der Waals surface area contributed by atoms with Crippen molar-refractivity contribution in [2.75, 3.05) is 39.0 Å². The second-order valence-electron chi connectivity index (χ2n) is 8.40. The van der Waals surface area contributed by atoms with Gasteiger partial charge in [-0.05, 0) is 56.6 Å². The lowest BCUT2D eigenvalue weighted by atomic mass is 9.81. The topological polar surface area (TPSA) is 49.9 Å². The predicted octanol–water partition coefficient (Wildman–Crippen LogP) is 3.33. The zero-order valence-electron chi connectivity index (χ0n) is 16.1. The summed E-state index contributed by atoms with van der Waals surface area (Å²) in [5.41, 5.74) is 1.23. The number of sulfonamides is 1. The Labute approximate surface area is 171 Å². The van der Waals surface area contributed by atoms with E-state index < -0.39 is 10.0 Å². The lowest BCUT2D eigenvalue weighted by Crippen LogP contribution is -2.52. The third-order valence-electron chi connectivity index (χ3n) is 6.53. The van der Waals surface area contributed by atoms with Crippen LogP contribution in [0, 0.1) is 5.92 Å². The maximum atomic E-state index is 11.7. The van der Waals surface area contributed by atoms with Crippen LogP contribution in [0.1, 0.15) is 43.0 Å². The Hall–Kier alpha value is -0.180. The standard InChI is InChI=1S/C19H29ClN2O3S2/c1-14-12-19(18-16(5-10-25-19)11-17(20)26-18)6-9-21(14)13-15-3-7-22(8-4-15)27(2,23)24/h11,14-15H,3-10,12-13H2,1-2H3/t14-,19+/m0/s1. The van der Waals surface area contributed by atoms with Gasteiger partial charge in [-0.1, -0.05) is 11.6 Å². The highest BCUT2D eigenvalue weighted by Gasteiger charge is 2.45. The van der Waals surface area contributed by atoms with E-state index >= 15 is 0 Å². The minimum Gasteiger partial charge on any atom is -0.369 e. The molecule has 27 heavy (non-hydrogen) atoms. The van der Waals surface area contributed by atoms with Crippen molar-refractivity contribution in [3.05, 3.63) is 20.8 Å². The summed E-state index contributed by atoms with van der Waals surface area (Å²) in [6, 6.07) is 2.58. The van der Waals surface area contributed by atoms with Crippen LogP contribution in [0.5, 0.6) is 0 Å². The van der Waals surface area contributed by atoms with Gasteiger partial charge in [0.05, 0.1) is 17.2 Å². The Kier molecular flexibility index (Phi) is 5.64. The summed E-state index contributed by atoms with van der Waals surface area (Å²) in [6.07, 6.45) is 6.24. The first-order valence-corrected chi connectivity index (χ1v) is 12.9. The van der Waals surface area contributed by atoms with E-state index in [9.17, 15) is 8.42 Å². The average Bonchev–Trinajstić information content (AvgIpc) is 2.99. The van der Waals surface area contributed by atoms with Crippen molar-refractivity contribution in [3.63, 3.8) is 0 Å². The second kappa shape index (κ2) is 7.58. The highest BCUT2D eigenvalue weighted by Crippen LogP contribution is 2.48. The van der Waals surface area contributed by atoms with Gasteiger partial charge in [-0.3, -0.25) is 0 Å². The SMILES string of the molecule is C[C@H]1C[C@@]2(CCN1CC1CCN(S(C)(=O)=O)CC1)OCCc1cc(Cl)sc12. The van der Waals surface area contributed by atoms with Crippen molar-refractivity contribution >= 4 is 33.0 Å². The Morgan fingerprint density at radius 2 is 2.07 bits per heavy atom. The molecule has 0 N–H and O–H groups in total. The fraction of sp³-hybridized carbons (Fsp3) is 0.789. The number of fused-ring (bicyclic) bond motifs is 2. The molecule has 0 aliphatic carbocycles. The minimum absolute atomic E-state index is 0.152. The van der Waals surface area contributed by atoms with Gasteiger partial charge >= 0.3 is 0 Å². The molecule has 0 bridgehead atoms. The first kappa shape index (κ1) is 20.1. The molecule has 0 aromatic carbocycles. The molecule has 3 aliphatic heterocycles. The molecule has 4 rings (SSSR count). The molecule has 1 spiro atoms. The Morgan fingerprint density at radius 1 is 1.33 bits per heavy atom. The summed E-state index contributed by atoms with van der Waals surface area (Å²) in [6.45, 7) is 6.51. The van der Waals surface area contributed by atoms with Gasteiger partial charge in [0, 0.05) is 37.1 Å². The number of hydrogen-bond acceptors (Lipinski definition) is 5. The van der Waals surface area contributed by atoms with E-state index in [2.05, 4.69) is 17.9 Å². The molecule has 2 atom stereocenters. The van der Waals surface area contributed by atoms with Crippen molar-refractivity contribution in [1.29, 1.82) is 0 Å². The van der Waals surface area contributed by atoms with Crippen LogP contribution in [0.2, 0.25) is 4.34 Å². The Bertz CT molecular complexity index is 789. The molecule has 152 valence electrons. The molecule has 1 aromatic heterocycles. The highest BCUT2D eigenvalue weighted by atomic mass is 35.5. The molecule has 0 unspecified atom stereocenters. The van der Waals surface area contributed by atoms with E-state index in [1.807, 2.05) is 0 Å². The van der Waals surface area contributed by atoms with Gasteiger partial charge in [0.1, 0.15) is 5.60 Å². The van der Waals surface area contributed by atoms with Crippen LogP contribution >= 0.6 is 22.9 Å². The highest BCUT2D eigenvalue weighted by molar-refractivity contribution is 7.88. The molecule has 1 aromatic rings. The number of thiophene rings is 1. The van der Waals surface area contributed by atoms with Gasteiger partial charge in [0.15, 0.2) is 0 Å². The molecular formula is C19H29ClN2O3S2. The number of nitrogens with zero attached hydrogens (tertiary/aromatic N) is 2. The van der Waals surface area contributed by atoms with Crippen molar-refractivity contribution < 1.29 is 13.2 Å². The Morgan fingerprint density at radius 3 is 2.74 bits per heavy atom. The fourth-order valence-corrected chi connectivity index (χ4v) is 7.36. The quantitative estimate of drug-likeness (QED) is 0.735. The van der Waals surface area contributed by atoms with Gasteiger partial charge < -0.3 is 9.64 Å². The lowest BCUT2D eigenvalue weighted by Gasteiger charge is -2.48. The predicted molar refractivity (Wildman–Crippen MR) is 110 cm³/mol. The number of ether oxygens (including phenoxy) is 1. The molecular weight excluding hydrogens is 404 g/mol. The summed E-state index contributed by atoms with van der Waals surface area (Å²) in [5, 5.41) is 0. The molecule has 0 saturated carbocycles. The van der Waals surface area contributed by atoms with Gasteiger partial charge in [-0.15, -0.1) is 11.3 Å². The van der Waals surface area contributed by atoms with Gasteiger partial charge in [0.2, 0.25) is 10.0 Å². The van der Waals surface area contributed by atoms with Crippen LogP contribution in [-0.4, -0.2) is 62.7 Å². The molecule has 2 fully saturated rings. The Balaban J connectivity index is 1.38. The monoisotopic (exact) mass is 432 g/mol. The molecule has 0 amide bonds. The van der Waals surface area contributed by atoms with Crippen molar-refractivity contribution in [1.82, 2.24) is 9.21 Å². The van der Waals surface area contributed by atoms with E-state index in [0.29, 0.717) is 25.0 Å². The van der Waals surface area contributed by atoms with E-state index in [1.54, 1.807) is 15.6 Å². The zero-order valence-corrected chi connectivity index (χ0v) is 18.5. The number of likely N-dealkylation sites (tertiary alicyclic amines) is 1. The molecule has 5 nitrogen and oxygen atoms in total. The second-order valence-corrected chi connectivity index (χ2v) is 12.1. The zero-order chi connectivity index (χ0) is 19.2. The summed E-state index contributed by atoms with van der Waals surface area (Å²) in [4.78, 5) is 3.94. The van der Waals surface area contributed by atoms with E-state index in [1.165, 1.54) is 16.7 Å². The smallest absolute Gasteiger partial charge is 0.211 e. The summed E-state index contributed by atoms with van der Waals surface area (Å²) < 4.78 is 32.3. The van der Waals surface area contributed by atoms with Crippen LogP contribution in [-0.2, 0) is 26.8 Å². The van der Waals surface area contributed by atoms with Crippen LogP contribution in [0.25, 0.3) is 0 Å². The maximum Gasteiger partial charge on any atom is 0.211 e. The lowest BCUT2D eigenvalue weighted by molar-refractivity contribution is -0.111. The van der Waals surface area contributed by atoms with E-state index in [4.69, 9.17) is 16.3 Å². The van der Waals surface area contributed by atoms with Crippen molar-refractivity contribution in [2.24, 2.45) is 5.92 Å². The van der Waals surface area contributed by atoms with E-state index in [0.717, 1.165) is 56.1 Å². The van der Waals surface area contributed by atoms with Gasteiger partial charge in [-0.25, -0.2) is 12.7 Å². The van der Waals surface area contributed by atoms with E-state index in [-0.39, 0.29) is 5.60 Å². The van der Waals surface area contributed by atoms with Crippen LogP contribution in [0.15, 0.2) is 6.07 Å². The van der Waals surface area contributed by atoms with Crippen LogP contribution in [0.4, 0.5) is 0 Å². The number of rotatable bonds is 3.